The van der Waals surface area contributed by atoms with Crippen LogP contribution in [0.15, 0.2) is 0 Å². The highest BCUT2D eigenvalue weighted by Crippen LogP contribution is 2.39. The van der Waals surface area contributed by atoms with E-state index >= 15 is 0 Å². The first-order valence-corrected chi connectivity index (χ1v) is 6.38. The van der Waals surface area contributed by atoms with Crippen molar-refractivity contribution in [3.8, 4) is 0 Å². The Morgan fingerprint density at radius 2 is 1.45 bits per heavy atom. The van der Waals surface area contributed by atoms with Crippen LogP contribution in [0.25, 0.3) is 0 Å². The maximum absolute atomic E-state index is 2.30. The van der Waals surface area contributed by atoms with E-state index in [1.165, 1.54) is 0 Å². The van der Waals surface area contributed by atoms with Crippen molar-refractivity contribution in [2.24, 2.45) is 5.92 Å². The third kappa shape index (κ3) is 7.07. The van der Waals surface area contributed by atoms with Gasteiger partial charge in [0.15, 0.2) is 0 Å². The summed E-state index contributed by atoms with van der Waals surface area (Å²) in [6.07, 6.45) is 0. The van der Waals surface area contributed by atoms with Crippen LogP contribution in [0.4, 0.5) is 0 Å². The molecule has 1 atom stereocenters. The molecule has 0 saturated carbocycles. The molecule has 0 aliphatic carbocycles. The smallest absolute Gasteiger partial charge is 0.0179 e. The van der Waals surface area contributed by atoms with Crippen molar-refractivity contribution in [2.75, 3.05) is 0 Å². The van der Waals surface area contributed by atoms with Crippen LogP contribution in [0, 0.1) is 5.92 Å². The minimum atomic E-state index is 0.397. The van der Waals surface area contributed by atoms with Crippen LogP contribution in [0.5, 0.6) is 0 Å². The van der Waals surface area contributed by atoms with Gasteiger partial charge in [0, 0.05) is 10.00 Å². The predicted octanol–water partition coefficient (Wildman–Crippen LogP) is 4.21. The molecule has 0 fully saturated rings. The molecule has 0 spiro atoms. The summed E-state index contributed by atoms with van der Waals surface area (Å²) in [5.41, 5.74) is 0. The summed E-state index contributed by atoms with van der Waals surface area (Å²) in [6, 6.07) is 0. The first-order valence-electron chi connectivity index (χ1n) is 4.17. The van der Waals surface area contributed by atoms with Gasteiger partial charge in [-0.3, -0.25) is 0 Å². The van der Waals surface area contributed by atoms with Crippen LogP contribution < -0.4 is 0 Å². The highest BCUT2D eigenvalue weighted by Gasteiger charge is 2.15. The van der Waals surface area contributed by atoms with E-state index in [4.69, 9.17) is 0 Å². The highest BCUT2D eigenvalue weighted by molar-refractivity contribution is 8.77. The number of hydrogen-bond acceptors (Lipinski definition) is 2. The molecule has 0 aromatic heterocycles. The Morgan fingerprint density at radius 3 is 1.73 bits per heavy atom. The molecule has 0 heterocycles. The van der Waals surface area contributed by atoms with Crippen LogP contribution >= 0.6 is 21.6 Å². The van der Waals surface area contributed by atoms with E-state index in [9.17, 15) is 0 Å². The van der Waals surface area contributed by atoms with Gasteiger partial charge in [-0.1, -0.05) is 63.1 Å². The van der Waals surface area contributed by atoms with Crippen molar-refractivity contribution in [3.63, 3.8) is 0 Å². The fourth-order valence-corrected chi connectivity index (χ4v) is 2.98. The Kier molecular flexibility index (Phi) is 4.96. The fraction of sp³-hybridized carbons (Fsp3) is 1.00. The summed E-state index contributed by atoms with van der Waals surface area (Å²) in [4.78, 5) is 0. The zero-order valence-electron chi connectivity index (χ0n) is 8.47. The molecule has 0 aromatic carbocycles. The van der Waals surface area contributed by atoms with Gasteiger partial charge < -0.3 is 0 Å². The van der Waals surface area contributed by atoms with Crippen molar-refractivity contribution in [3.05, 3.63) is 0 Å². The van der Waals surface area contributed by atoms with Crippen LogP contribution in [0.2, 0.25) is 0 Å². The topological polar surface area (TPSA) is 0 Å². The molecule has 0 nitrogen and oxygen atoms in total. The van der Waals surface area contributed by atoms with Gasteiger partial charge in [-0.05, 0) is 5.92 Å². The SMILES string of the molecule is CC(C)C(C)SSC(C)(C)C. The van der Waals surface area contributed by atoms with Gasteiger partial charge in [-0.15, -0.1) is 0 Å². The van der Waals surface area contributed by atoms with Gasteiger partial charge in [0.25, 0.3) is 0 Å². The molecular formula is C9H20S2. The highest BCUT2D eigenvalue weighted by atomic mass is 33.1. The second-order valence-corrected chi connectivity index (χ2v) is 7.65. The standard InChI is InChI=1S/C9H20S2/c1-7(2)8(3)10-11-9(4,5)6/h7-8H,1-6H3. The Balaban J connectivity index is 3.54. The minimum absolute atomic E-state index is 0.397. The molecule has 0 amide bonds. The van der Waals surface area contributed by atoms with Crippen molar-refractivity contribution in [2.45, 2.75) is 51.5 Å². The molecular weight excluding hydrogens is 172 g/mol. The summed E-state index contributed by atoms with van der Waals surface area (Å²) < 4.78 is 0.397. The van der Waals surface area contributed by atoms with Gasteiger partial charge in [-0.2, -0.15) is 0 Å². The van der Waals surface area contributed by atoms with Crippen LogP contribution in [0.3, 0.4) is 0 Å². The number of hydrogen-bond donors (Lipinski definition) is 0. The van der Waals surface area contributed by atoms with E-state index in [2.05, 4.69) is 41.5 Å². The molecule has 0 aromatic rings. The van der Waals surface area contributed by atoms with Gasteiger partial charge >= 0.3 is 0 Å². The molecule has 0 aliphatic rings. The normalized spacial score (nSPS) is 15.5. The molecule has 11 heavy (non-hydrogen) atoms. The van der Waals surface area contributed by atoms with E-state index in [-0.39, 0.29) is 0 Å². The largest absolute Gasteiger partial charge is 0.0902 e. The zero-order chi connectivity index (χ0) is 9.07. The van der Waals surface area contributed by atoms with Crippen molar-refractivity contribution >= 4 is 21.6 Å². The lowest BCUT2D eigenvalue weighted by Gasteiger charge is -2.21. The molecule has 1 unspecified atom stereocenters. The Labute approximate surface area is 79.3 Å². The van der Waals surface area contributed by atoms with Gasteiger partial charge in [0.1, 0.15) is 0 Å². The monoisotopic (exact) mass is 192 g/mol. The third-order valence-electron chi connectivity index (χ3n) is 1.39. The lowest BCUT2D eigenvalue weighted by molar-refractivity contribution is 0.645. The van der Waals surface area contributed by atoms with Gasteiger partial charge in [0.05, 0.1) is 0 Å². The van der Waals surface area contributed by atoms with Gasteiger partial charge in [-0.25, -0.2) is 0 Å². The van der Waals surface area contributed by atoms with Crippen LogP contribution in [-0.4, -0.2) is 10.00 Å². The maximum Gasteiger partial charge on any atom is 0.0179 e. The van der Waals surface area contributed by atoms with E-state index in [0.717, 1.165) is 11.2 Å². The lowest BCUT2D eigenvalue weighted by Crippen LogP contribution is -2.09. The van der Waals surface area contributed by atoms with Crippen molar-refractivity contribution in [1.29, 1.82) is 0 Å². The van der Waals surface area contributed by atoms with E-state index in [1.54, 1.807) is 0 Å². The summed E-state index contributed by atoms with van der Waals surface area (Å²) >= 11 is 0. The molecule has 0 bridgehead atoms. The summed E-state index contributed by atoms with van der Waals surface area (Å²) in [5.74, 6) is 0.787. The molecule has 0 saturated heterocycles. The minimum Gasteiger partial charge on any atom is -0.0902 e. The average Bonchev–Trinajstić information content (AvgIpc) is 1.80. The summed E-state index contributed by atoms with van der Waals surface area (Å²) in [5, 5.41) is 0.763. The zero-order valence-corrected chi connectivity index (χ0v) is 10.1. The summed E-state index contributed by atoms with van der Waals surface area (Å²) in [7, 11) is 3.99. The fourth-order valence-electron chi connectivity index (χ4n) is 0.331. The predicted molar refractivity (Wildman–Crippen MR) is 59.2 cm³/mol. The van der Waals surface area contributed by atoms with Gasteiger partial charge in [0.2, 0.25) is 0 Å². The van der Waals surface area contributed by atoms with E-state index in [0.29, 0.717) is 4.75 Å². The second kappa shape index (κ2) is 4.66. The van der Waals surface area contributed by atoms with Crippen molar-refractivity contribution < 1.29 is 0 Å². The molecule has 0 radical (unpaired) electrons. The van der Waals surface area contributed by atoms with Crippen LogP contribution in [-0.2, 0) is 0 Å². The average molecular weight is 192 g/mol. The quantitative estimate of drug-likeness (QED) is 0.614. The Morgan fingerprint density at radius 1 is 1.00 bits per heavy atom. The number of rotatable bonds is 3. The molecule has 2 heteroatoms. The summed E-state index contributed by atoms with van der Waals surface area (Å²) in [6.45, 7) is 13.6. The lowest BCUT2D eigenvalue weighted by atomic mass is 10.2. The molecule has 0 N–H and O–H groups in total. The molecule has 68 valence electrons. The second-order valence-electron chi connectivity index (χ2n) is 4.24. The third-order valence-corrected chi connectivity index (χ3v) is 5.53. The first-order chi connectivity index (χ1) is 4.83. The molecule has 0 rings (SSSR count). The van der Waals surface area contributed by atoms with E-state index < -0.39 is 0 Å². The van der Waals surface area contributed by atoms with Crippen LogP contribution in [0.1, 0.15) is 41.5 Å². The Bertz CT molecular complexity index is 103. The van der Waals surface area contributed by atoms with Crippen molar-refractivity contribution in [1.82, 2.24) is 0 Å². The first kappa shape index (κ1) is 11.7. The Hall–Kier alpha value is 0.700. The van der Waals surface area contributed by atoms with E-state index in [1.807, 2.05) is 21.6 Å². The maximum atomic E-state index is 2.30. The molecule has 0 aliphatic heterocycles.